The van der Waals surface area contributed by atoms with Gasteiger partial charge in [0.15, 0.2) is 0 Å². The maximum absolute atomic E-state index is 12.1. The predicted octanol–water partition coefficient (Wildman–Crippen LogP) is 2.48. The summed E-state index contributed by atoms with van der Waals surface area (Å²) in [6.07, 6.45) is 3.43. The van der Waals surface area contributed by atoms with Crippen LogP contribution in [0.5, 0.6) is 0 Å². The van der Waals surface area contributed by atoms with Crippen LogP contribution in [0.1, 0.15) is 16.2 Å². The topological polar surface area (TPSA) is 71.9 Å². The van der Waals surface area contributed by atoms with Gasteiger partial charge in [0.1, 0.15) is 0 Å². The summed E-state index contributed by atoms with van der Waals surface area (Å²) in [7, 11) is 0. The van der Waals surface area contributed by atoms with Crippen LogP contribution in [-0.4, -0.2) is 16.1 Å². The molecule has 3 rings (SSSR count). The van der Waals surface area contributed by atoms with Gasteiger partial charge in [0.05, 0.1) is 5.56 Å². The zero-order valence-electron chi connectivity index (χ0n) is 11.7. The molecule has 0 aliphatic rings. The van der Waals surface area contributed by atoms with Gasteiger partial charge in [-0.3, -0.25) is 4.79 Å². The summed E-state index contributed by atoms with van der Waals surface area (Å²) in [5, 5.41) is 7.73. The summed E-state index contributed by atoms with van der Waals surface area (Å²) in [5.41, 5.74) is 4.12. The minimum atomic E-state index is -0.195. The van der Waals surface area contributed by atoms with Crippen molar-refractivity contribution in [3.63, 3.8) is 0 Å². The van der Waals surface area contributed by atoms with E-state index in [1.807, 2.05) is 12.1 Å². The maximum Gasteiger partial charge on any atom is 0.305 e. The molecule has 0 unspecified atom stereocenters. The molecule has 0 fully saturated rings. The highest BCUT2D eigenvalue weighted by molar-refractivity contribution is 9.10. The van der Waals surface area contributed by atoms with Crippen molar-refractivity contribution in [1.29, 1.82) is 0 Å². The van der Waals surface area contributed by atoms with Crippen LogP contribution in [0, 0.1) is 6.92 Å². The molecule has 2 aromatic heterocycles. The molecule has 0 atom stereocenters. The molecule has 0 aliphatic heterocycles. The second-order valence-electron chi connectivity index (χ2n) is 4.57. The van der Waals surface area contributed by atoms with E-state index in [0.717, 1.165) is 10.0 Å². The number of hydrogen-bond donors (Lipinski definition) is 1. The SMILES string of the molecule is Cc1nnc(-c2cc[n+](NC(=O)c3ccc(Br)cc3)cc2)o1. The lowest BCUT2D eigenvalue weighted by molar-refractivity contribution is -0.641. The van der Waals surface area contributed by atoms with E-state index in [1.54, 1.807) is 48.3 Å². The number of benzene rings is 1. The van der Waals surface area contributed by atoms with Crippen LogP contribution in [0.2, 0.25) is 0 Å². The molecule has 0 saturated heterocycles. The zero-order valence-corrected chi connectivity index (χ0v) is 13.2. The van der Waals surface area contributed by atoms with Gasteiger partial charge in [-0.05, 0) is 24.3 Å². The van der Waals surface area contributed by atoms with Crippen LogP contribution in [0.25, 0.3) is 11.5 Å². The smallest absolute Gasteiger partial charge is 0.305 e. The number of amides is 1. The van der Waals surface area contributed by atoms with Crippen molar-refractivity contribution in [2.24, 2.45) is 0 Å². The molecule has 1 N–H and O–H groups in total. The van der Waals surface area contributed by atoms with Gasteiger partial charge in [-0.15, -0.1) is 15.6 Å². The number of halogens is 1. The van der Waals surface area contributed by atoms with Crippen LogP contribution >= 0.6 is 15.9 Å². The number of nitrogens with one attached hydrogen (secondary N) is 1. The van der Waals surface area contributed by atoms with Crippen LogP contribution < -0.4 is 10.1 Å². The average Bonchev–Trinajstić information content (AvgIpc) is 2.95. The normalized spacial score (nSPS) is 10.5. The maximum atomic E-state index is 12.1. The van der Waals surface area contributed by atoms with E-state index in [-0.39, 0.29) is 5.91 Å². The molecule has 0 saturated carbocycles. The van der Waals surface area contributed by atoms with Crippen LogP contribution in [0.3, 0.4) is 0 Å². The number of carbonyl (C=O) groups is 1. The lowest BCUT2D eigenvalue weighted by Gasteiger charge is -2.00. The Morgan fingerprint density at radius 3 is 2.41 bits per heavy atom. The summed E-state index contributed by atoms with van der Waals surface area (Å²) in [4.78, 5) is 12.1. The Morgan fingerprint density at radius 2 is 1.82 bits per heavy atom. The van der Waals surface area contributed by atoms with Crippen molar-refractivity contribution in [3.8, 4) is 11.5 Å². The van der Waals surface area contributed by atoms with Crippen LogP contribution in [-0.2, 0) is 0 Å². The first-order valence-electron chi connectivity index (χ1n) is 6.50. The predicted molar refractivity (Wildman–Crippen MR) is 82.5 cm³/mol. The Morgan fingerprint density at radius 1 is 1.14 bits per heavy atom. The summed E-state index contributed by atoms with van der Waals surface area (Å²) < 4.78 is 7.84. The first-order chi connectivity index (χ1) is 10.6. The molecule has 1 amide bonds. The minimum absolute atomic E-state index is 0.195. The van der Waals surface area contributed by atoms with Crippen molar-refractivity contribution >= 4 is 21.8 Å². The highest BCUT2D eigenvalue weighted by atomic mass is 79.9. The van der Waals surface area contributed by atoms with E-state index < -0.39 is 0 Å². The van der Waals surface area contributed by atoms with Crippen LogP contribution in [0.4, 0.5) is 0 Å². The Labute approximate surface area is 134 Å². The van der Waals surface area contributed by atoms with Crippen molar-refractivity contribution in [2.75, 3.05) is 5.43 Å². The molecule has 2 heterocycles. The van der Waals surface area contributed by atoms with Gasteiger partial charge >= 0.3 is 5.91 Å². The fraction of sp³-hybridized carbons (Fsp3) is 0.0667. The first kappa shape index (κ1) is 14.4. The van der Waals surface area contributed by atoms with Gasteiger partial charge < -0.3 is 4.42 Å². The summed E-state index contributed by atoms with van der Waals surface area (Å²) in [6.45, 7) is 1.73. The second kappa shape index (κ2) is 6.07. The van der Waals surface area contributed by atoms with Gasteiger partial charge in [0.25, 0.3) is 0 Å². The summed E-state index contributed by atoms with van der Waals surface area (Å²) >= 11 is 3.34. The van der Waals surface area contributed by atoms with Crippen molar-refractivity contribution in [3.05, 3.63) is 64.7 Å². The van der Waals surface area contributed by atoms with E-state index in [4.69, 9.17) is 4.42 Å². The molecular formula is C15H12BrN4O2+. The molecule has 22 heavy (non-hydrogen) atoms. The van der Waals surface area contributed by atoms with Crippen molar-refractivity contribution < 1.29 is 13.9 Å². The van der Waals surface area contributed by atoms with Gasteiger partial charge in [0, 0.05) is 29.1 Å². The Hall–Kier alpha value is -2.54. The number of pyridine rings is 1. The quantitative estimate of drug-likeness (QED) is 0.729. The zero-order chi connectivity index (χ0) is 15.5. The number of nitrogens with zero attached hydrogens (tertiary/aromatic N) is 3. The minimum Gasteiger partial charge on any atom is -0.421 e. The van der Waals surface area contributed by atoms with E-state index in [9.17, 15) is 4.79 Å². The van der Waals surface area contributed by atoms with E-state index in [0.29, 0.717) is 17.3 Å². The molecular weight excluding hydrogens is 348 g/mol. The van der Waals surface area contributed by atoms with E-state index in [2.05, 4.69) is 31.6 Å². The molecule has 110 valence electrons. The summed E-state index contributed by atoms with van der Waals surface area (Å²) in [6, 6.07) is 10.7. The third-order valence-electron chi connectivity index (χ3n) is 2.94. The van der Waals surface area contributed by atoms with Gasteiger partial charge in [-0.2, -0.15) is 0 Å². The molecule has 7 heteroatoms. The van der Waals surface area contributed by atoms with Gasteiger partial charge in [-0.1, -0.05) is 20.6 Å². The standard InChI is InChI=1S/C15H11BrN4O2/c1-10-17-18-15(22-10)12-6-8-20(9-7-12)19-14(21)11-2-4-13(16)5-3-11/h2-9H,1H3/p+1. The lowest BCUT2D eigenvalue weighted by Crippen LogP contribution is -2.47. The number of carbonyl (C=O) groups excluding carboxylic acids is 1. The molecule has 0 aliphatic carbocycles. The second-order valence-corrected chi connectivity index (χ2v) is 5.48. The third-order valence-corrected chi connectivity index (χ3v) is 3.47. The fourth-order valence-corrected chi connectivity index (χ4v) is 2.10. The van der Waals surface area contributed by atoms with Gasteiger partial charge in [-0.25, -0.2) is 0 Å². The van der Waals surface area contributed by atoms with E-state index in [1.165, 1.54) is 0 Å². The Balaban J connectivity index is 1.73. The molecule has 6 nitrogen and oxygen atoms in total. The molecule has 0 spiro atoms. The Bertz CT molecular complexity index is 797. The largest absolute Gasteiger partial charge is 0.421 e. The Kier molecular flexibility index (Phi) is 3.97. The fourth-order valence-electron chi connectivity index (χ4n) is 1.84. The number of rotatable bonds is 3. The van der Waals surface area contributed by atoms with Crippen LogP contribution in [0.15, 0.2) is 57.7 Å². The van der Waals surface area contributed by atoms with Crippen molar-refractivity contribution in [1.82, 2.24) is 10.2 Å². The summed E-state index contributed by atoms with van der Waals surface area (Å²) in [5.74, 6) is 0.762. The third kappa shape index (κ3) is 3.20. The van der Waals surface area contributed by atoms with E-state index >= 15 is 0 Å². The average molecular weight is 360 g/mol. The highest BCUT2D eigenvalue weighted by Crippen LogP contribution is 2.15. The lowest BCUT2D eigenvalue weighted by atomic mass is 10.2. The molecule has 0 radical (unpaired) electrons. The first-order valence-corrected chi connectivity index (χ1v) is 7.30. The molecule has 3 aromatic rings. The highest BCUT2D eigenvalue weighted by Gasteiger charge is 2.12. The van der Waals surface area contributed by atoms with Gasteiger partial charge in [0.2, 0.25) is 24.2 Å². The monoisotopic (exact) mass is 359 g/mol. The number of aryl methyl sites for hydroxylation is 1. The molecule has 1 aromatic carbocycles. The number of hydrogen-bond acceptors (Lipinski definition) is 4. The molecule has 0 bridgehead atoms. The number of aromatic nitrogens is 3. The van der Waals surface area contributed by atoms with Crippen molar-refractivity contribution in [2.45, 2.75) is 6.92 Å².